The molecular weight excluding hydrogens is 208 g/mol. The van der Waals surface area contributed by atoms with Crippen molar-refractivity contribution in [1.82, 2.24) is 10.3 Å². The largest absolute Gasteiger partial charge is 0.338 e. The minimum Gasteiger partial charge on any atom is -0.338 e. The molecule has 1 aromatic heterocycles. The number of urea groups is 1. The number of aromatic nitrogens is 1. The summed E-state index contributed by atoms with van der Waals surface area (Å²) in [6.45, 7) is 0.827. The number of pyridine rings is 1. The average molecular weight is 220 g/mol. The highest BCUT2D eigenvalue weighted by molar-refractivity contribution is 5.88. The molecule has 2 amide bonds. The third-order valence-electron chi connectivity index (χ3n) is 1.72. The van der Waals surface area contributed by atoms with Crippen molar-refractivity contribution in [2.45, 2.75) is 6.42 Å². The van der Waals surface area contributed by atoms with Crippen LogP contribution in [0.25, 0.3) is 0 Å². The van der Waals surface area contributed by atoms with Crippen molar-refractivity contribution in [3.63, 3.8) is 0 Å². The molecule has 0 fully saturated rings. The first-order chi connectivity index (χ1) is 7.83. The van der Waals surface area contributed by atoms with Gasteiger partial charge in [-0.3, -0.25) is 4.98 Å². The van der Waals surface area contributed by atoms with Crippen molar-refractivity contribution in [1.29, 1.82) is 0 Å². The molecule has 1 rings (SSSR count). The molecule has 0 bridgehead atoms. The highest BCUT2D eigenvalue weighted by atomic mass is 16.2. The maximum Gasteiger partial charge on any atom is 0.319 e. The fourth-order valence-corrected chi connectivity index (χ4v) is 1.02. The van der Waals surface area contributed by atoms with Crippen LogP contribution >= 0.6 is 0 Å². The van der Waals surface area contributed by atoms with E-state index in [9.17, 15) is 9.59 Å². The first-order valence-corrected chi connectivity index (χ1v) is 4.81. The van der Waals surface area contributed by atoms with E-state index in [0.717, 1.165) is 0 Å². The fourth-order valence-electron chi connectivity index (χ4n) is 1.02. The van der Waals surface area contributed by atoms with Gasteiger partial charge in [0.05, 0.1) is 18.4 Å². The van der Waals surface area contributed by atoms with Crippen LogP contribution in [0.2, 0.25) is 0 Å². The van der Waals surface area contributed by atoms with Crippen LogP contribution in [0.15, 0.2) is 29.5 Å². The number of anilines is 1. The van der Waals surface area contributed by atoms with Crippen LogP contribution in [0.1, 0.15) is 6.42 Å². The third kappa shape index (κ3) is 4.88. The van der Waals surface area contributed by atoms with Crippen LogP contribution < -0.4 is 10.6 Å². The number of rotatable bonds is 5. The summed E-state index contributed by atoms with van der Waals surface area (Å²) in [7, 11) is 0. The summed E-state index contributed by atoms with van der Waals surface area (Å²) in [6, 6.07) is 3.17. The zero-order valence-electron chi connectivity index (χ0n) is 8.64. The SMILES string of the molecule is O=C=NCCCNC(=O)Nc1cccnc1. The number of carbonyl (C=O) groups is 1. The number of aliphatic imine (C=N–C) groups is 1. The second-order valence-electron chi connectivity index (χ2n) is 2.95. The summed E-state index contributed by atoms with van der Waals surface area (Å²) >= 11 is 0. The van der Waals surface area contributed by atoms with Crippen LogP contribution in [-0.4, -0.2) is 30.2 Å². The number of nitrogens with zero attached hydrogens (tertiary/aromatic N) is 2. The Morgan fingerprint density at radius 3 is 3.12 bits per heavy atom. The fraction of sp³-hybridized carbons (Fsp3) is 0.300. The minimum atomic E-state index is -0.303. The molecule has 0 aliphatic heterocycles. The molecule has 84 valence electrons. The van der Waals surface area contributed by atoms with Crippen LogP contribution in [0.5, 0.6) is 0 Å². The van der Waals surface area contributed by atoms with Gasteiger partial charge in [0.1, 0.15) is 0 Å². The molecule has 0 saturated heterocycles. The zero-order chi connectivity index (χ0) is 11.6. The molecule has 6 nitrogen and oxygen atoms in total. The van der Waals surface area contributed by atoms with Gasteiger partial charge in [-0.25, -0.2) is 14.6 Å². The van der Waals surface area contributed by atoms with Crippen LogP contribution in [0, 0.1) is 0 Å². The number of isocyanates is 1. The second kappa shape index (κ2) is 7.14. The standard InChI is InChI=1S/C10H12N4O2/c15-8-12-5-2-6-13-10(16)14-9-3-1-4-11-7-9/h1,3-4,7H,2,5-6H2,(H2,13,14,16). The van der Waals surface area contributed by atoms with Crippen LogP contribution in [0.4, 0.5) is 10.5 Å². The maximum absolute atomic E-state index is 11.3. The Hall–Kier alpha value is -2.20. The van der Waals surface area contributed by atoms with Crippen LogP contribution in [-0.2, 0) is 4.79 Å². The van der Waals surface area contributed by atoms with E-state index in [1.807, 2.05) is 0 Å². The molecule has 2 N–H and O–H groups in total. The Morgan fingerprint density at radius 2 is 2.44 bits per heavy atom. The molecule has 1 heterocycles. The lowest BCUT2D eigenvalue weighted by molar-refractivity contribution is 0.252. The Balaban J connectivity index is 2.19. The molecule has 6 heteroatoms. The summed E-state index contributed by atoms with van der Waals surface area (Å²) in [4.78, 5) is 28.3. The third-order valence-corrected chi connectivity index (χ3v) is 1.72. The van der Waals surface area contributed by atoms with E-state index in [2.05, 4.69) is 20.6 Å². The van der Waals surface area contributed by atoms with E-state index in [1.54, 1.807) is 24.5 Å². The summed E-state index contributed by atoms with van der Waals surface area (Å²) in [5, 5.41) is 5.23. The monoisotopic (exact) mass is 220 g/mol. The molecular formula is C10H12N4O2. The van der Waals surface area contributed by atoms with Gasteiger partial charge in [-0.1, -0.05) is 0 Å². The number of amides is 2. The summed E-state index contributed by atoms with van der Waals surface area (Å²) < 4.78 is 0. The molecule has 0 aliphatic rings. The minimum absolute atomic E-state index is 0.303. The van der Waals surface area contributed by atoms with Crippen LogP contribution in [0.3, 0.4) is 0 Å². The van der Waals surface area contributed by atoms with Gasteiger partial charge < -0.3 is 10.6 Å². The number of nitrogens with one attached hydrogen (secondary N) is 2. The number of carbonyl (C=O) groups excluding carboxylic acids is 2. The summed E-state index contributed by atoms with van der Waals surface area (Å²) in [6.07, 6.45) is 5.22. The van der Waals surface area contributed by atoms with Gasteiger partial charge in [0.15, 0.2) is 0 Å². The normalized spacial score (nSPS) is 9.00. The van der Waals surface area contributed by atoms with Gasteiger partial charge in [-0.15, -0.1) is 0 Å². The molecule has 1 aromatic rings. The molecule has 0 atom stereocenters. The highest BCUT2D eigenvalue weighted by Crippen LogP contribution is 2.01. The lowest BCUT2D eigenvalue weighted by atomic mass is 10.4. The van der Waals surface area contributed by atoms with Gasteiger partial charge in [-0.2, -0.15) is 0 Å². The van der Waals surface area contributed by atoms with Crippen molar-refractivity contribution in [2.75, 3.05) is 18.4 Å². The van der Waals surface area contributed by atoms with Gasteiger partial charge in [0, 0.05) is 12.7 Å². The molecule has 0 saturated carbocycles. The molecule has 0 aliphatic carbocycles. The van der Waals surface area contributed by atoms with Crippen molar-refractivity contribution in [2.24, 2.45) is 4.99 Å². The summed E-state index contributed by atoms with van der Waals surface area (Å²) in [5.41, 5.74) is 0.630. The zero-order valence-corrected chi connectivity index (χ0v) is 8.64. The Labute approximate surface area is 92.8 Å². The van der Waals surface area contributed by atoms with Crippen molar-refractivity contribution in [3.05, 3.63) is 24.5 Å². The first-order valence-electron chi connectivity index (χ1n) is 4.81. The quantitative estimate of drug-likeness (QED) is 0.440. The first kappa shape index (κ1) is 11.9. The summed E-state index contributed by atoms with van der Waals surface area (Å²) in [5.74, 6) is 0. The van der Waals surface area contributed by atoms with E-state index in [4.69, 9.17) is 0 Å². The van der Waals surface area contributed by atoms with E-state index in [-0.39, 0.29) is 6.03 Å². The Kier molecular flexibility index (Phi) is 5.30. The molecule has 16 heavy (non-hydrogen) atoms. The van der Waals surface area contributed by atoms with E-state index >= 15 is 0 Å². The van der Waals surface area contributed by atoms with Crippen molar-refractivity contribution >= 4 is 17.8 Å². The number of hydrogen-bond donors (Lipinski definition) is 2. The highest BCUT2D eigenvalue weighted by Gasteiger charge is 1.99. The predicted molar refractivity (Wildman–Crippen MR) is 58.9 cm³/mol. The van der Waals surface area contributed by atoms with Crippen molar-refractivity contribution < 1.29 is 9.59 Å². The lowest BCUT2D eigenvalue weighted by Crippen LogP contribution is -2.29. The van der Waals surface area contributed by atoms with Gasteiger partial charge in [0.25, 0.3) is 0 Å². The Bertz CT molecular complexity index is 374. The topological polar surface area (TPSA) is 83.5 Å². The molecule has 0 radical (unpaired) electrons. The average Bonchev–Trinajstić information content (AvgIpc) is 2.30. The molecule has 0 spiro atoms. The molecule has 0 aromatic carbocycles. The Morgan fingerprint density at radius 1 is 1.56 bits per heavy atom. The van der Waals surface area contributed by atoms with E-state index in [1.165, 1.54) is 6.08 Å². The van der Waals surface area contributed by atoms with Crippen molar-refractivity contribution in [3.8, 4) is 0 Å². The lowest BCUT2D eigenvalue weighted by Gasteiger charge is -2.05. The van der Waals surface area contributed by atoms with Gasteiger partial charge >= 0.3 is 6.03 Å². The maximum atomic E-state index is 11.3. The predicted octanol–water partition coefficient (Wildman–Crippen LogP) is 0.929. The van der Waals surface area contributed by atoms with E-state index in [0.29, 0.717) is 25.2 Å². The van der Waals surface area contributed by atoms with Gasteiger partial charge in [0.2, 0.25) is 6.08 Å². The van der Waals surface area contributed by atoms with Gasteiger partial charge in [-0.05, 0) is 18.6 Å². The van der Waals surface area contributed by atoms with E-state index < -0.39 is 0 Å². The smallest absolute Gasteiger partial charge is 0.319 e. The molecule has 0 unspecified atom stereocenters. The second-order valence-corrected chi connectivity index (χ2v) is 2.95. The number of hydrogen-bond acceptors (Lipinski definition) is 4.